The summed E-state index contributed by atoms with van der Waals surface area (Å²) in [4.78, 5) is 102. The summed E-state index contributed by atoms with van der Waals surface area (Å²) in [6.07, 6.45) is -0.518. The van der Waals surface area contributed by atoms with Gasteiger partial charge in [-0.3, -0.25) is 28.8 Å². The van der Waals surface area contributed by atoms with Crippen molar-refractivity contribution in [1.29, 1.82) is 0 Å². The molecule has 45 heavy (non-hydrogen) atoms. The average Bonchev–Trinajstić information content (AvgIpc) is 2.99. The second kappa shape index (κ2) is 31.5. The number of nitroso groups, excluding NO2 is 2. The fourth-order valence-electron chi connectivity index (χ4n) is 2.24. The van der Waals surface area contributed by atoms with Gasteiger partial charge in [-0.05, 0) is 25.9 Å². The predicted octanol–water partition coefficient (Wildman–Crippen LogP) is -2.20. The van der Waals surface area contributed by atoms with Gasteiger partial charge in [0.2, 0.25) is 11.8 Å². The number of thiol groups is 2. The van der Waals surface area contributed by atoms with E-state index in [2.05, 4.69) is 46.5 Å². The molecule has 4 amide bonds. The smallest absolute Gasteiger partial charge is 0.643 e. The number of carboxylic acid groups (broad SMARTS) is 4. The van der Waals surface area contributed by atoms with Crippen LogP contribution >= 0.6 is 25.3 Å². The van der Waals surface area contributed by atoms with Crippen LogP contribution in [0.2, 0.25) is 0 Å². The van der Waals surface area contributed by atoms with Crippen LogP contribution in [0, 0.1) is 9.81 Å². The van der Waals surface area contributed by atoms with E-state index in [0.717, 1.165) is 0 Å². The molecule has 25 heteroatoms. The molecule has 0 aromatic carbocycles. The Labute approximate surface area is 276 Å². The van der Waals surface area contributed by atoms with E-state index < -0.39 is 84.8 Å². The van der Waals surface area contributed by atoms with E-state index in [1.165, 1.54) is 0 Å². The van der Waals surface area contributed by atoms with E-state index in [9.17, 15) is 38.4 Å². The van der Waals surface area contributed by atoms with Gasteiger partial charge in [-0.1, -0.05) is 0 Å². The maximum atomic E-state index is 11.5. The van der Waals surface area contributed by atoms with Crippen molar-refractivity contribution in [2.24, 2.45) is 11.5 Å². The van der Waals surface area contributed by atoms with Crippen molar-refractivity contribution in [3.8, 4) is 0 Å². The summed E-state index contributed by atoms with van der Waals surface area (Å²) in [5.74, 6) is -7.88. The number of carboxylic acids is 4. The Morgan fingerprint density at radius 1 is 0.622 bits per heavy atom. The summed E-state index contributed by atoms with van der Waals surface area (Å²) in [6.45, 7) is -1.38. The van der Waals surface area contributed by atoms with Crippen LogP contribution in [0.1, 0.15) is 25.7 Å². The Bertz CT molecular complexity index is 894. The van der Waals surface area contributed by atoms with Crippen molar-refractivity contribution >= 4 is 72.8 Å². The molecular weight excluding hydrogens is 696 g/mol. The Morgan fingerprint density at radius 2 is 0.889 bits per heavy atom. The SMILES string of the molecule is NC(CCC(=O)NC(CS)C(=O)[N-]CC(=O)O)C(=O)O.NC(CCC(=O)NC(CS)C(=O)[N-]CC(=O)O)C(=O)O.[Fe+4].[N-]=O.[N-]=O. The number of nitrogens with one attached hydrogen (secondary N) is 2. The minimum absolute atomic E-state index is 0. The summed E-state index contributed by atoms with van der Waals surface area (Å²) in [5, 5.41) is 44.9. The molecule has 22 nitrogen and oxygen atoms in total. The van der Waals surface area contributed by atoms with Crippen LogP contribution in [0.3, 0.4) is 0 Å². The van der Waals surface area contributed by atoms with Crippen LogP contribution in [0.5, 0.6) is 0 Å². The number of amides is 4. The molecule has 0 aliphatic heterocycles. The van der Waals surface area contributed by atoms with Crippen molar-refractivity contribution in [2.75, 3.05) is 24.6 Å². The summed E-state index contributed by atoms with van der Waals surface area (Å²) < 4.78 is 0. The van der Waals surface area contributed by atoms with Gasteiger partial charge in [0, 0.05) is 24.3 Å². The third-order valence-corrected chi connectivity index (χ3v) is 5.10. The Balaban J connectivity index is -0.000000209. The molecule has 0 heterocycles. The number of nitrogens with two attached hydrogens (primary N) is 2. The first-order valence-corrected chi connectivity index (χ1v) is 12.8. The molecule has 0 saturated heterocycles. The van der Waals surface area contributed by atoms with Gasteiger partial charge in [0.25, 0.3) is 11.9 Å². The minimum Gasteiger partial charge on any atom is -0.643 e. The molecule has 256 valence electrons. The number of carbonyl (C=O) groups excluding carboxylic acids is 4. The molecule has 0 aliphatic carbocycles. The maximum absolute atomic E-state index is 11.5. The fourth-order valence-corrected chi connectivity index (χ4v) is 2.73. The van der Waals surface area contributed by atoms with E-state index in [4.69, 9.17) is 52.9 Å². The molecule has 0 aliphatic rings. The number of hydrogen-bond acceptors (Lipinski definition) is 14. The molecule has 0 aromatic rings. The zero-order valence-corrected chi connectivity index (χ0v) is 25.9. The number of nitrogens with zero attached hydrogens (tertiary/aromatic N) is 4. The van der Waals surface area contributed by atoms with Crippen molar-refractivity contribution in [2.45, 2.75) is 49.9 Å². The molecule has 0 radical (unpaired) electrons. The van der Waals surface area contributed by atoms with Gasteiger partial charge in [-0.2, -0.15) is 25.3 Å². The molecular formula is C20H32FeN8O14S2. The zero-order chi connectivity index (χ0) is 35.4. The molecule has 0 fully saturated rings. The van der Waals surface area contributed by atoms with E-state index in [0.29, 0.717) is 0 Å². The first-order chi connectivity index (χ1) is 20.5. The second-order valence-corrected chi connectivity index (χ2v) is 8.40. The van der Waals surface area contributed by atoms with Gasteiger partial charge in [-0.25, -0.2) is 0 Å². The Hall–Kier alpha value is -3.90. The van der Waals surface area contributed by atoms with Gasteiger partial charge in [0.1, 0.15) is 12.1 Å². The van der Waals surface area contributed by atoms with Crippen LogP contribution in [0.25, 0.3) is 21.8 Å². The molecule has 0 spiro atoms. The topological polar surface area (TPSA) is 401 Å². The molecule has 0 bridgehead atoms. The molecule has 0 rings (SSSR count). The van der Waals surface area contributed by atoms with E-state index >= 15 is 0 Å². The van der Waals surface area contributed by atoms with Gasteiger partial charge in [0.05, 0.1) is 23.9 Å². The third-order valence-electron chi connectivity index (χ3n) is 4.37. The van der Waals surface area contributed by atoms with E-state index in [-0.39, 0.29) is 54.3 Å². The van der Waals surface area contributed by atoms with Crippen molar-refractivity contribution in [3.05, 3.63) is 31.6 Å². The molecule has 4 unspecified atom stereocenters. The molecule has 10 N–H and O–H groups in total. The summed E-state index contributed by atoms with van der Waals surface area (Å²) in [5.41, 5.74) is 21.9. The summed E-state index contributed by atoms with van der Waals surface area (Å²) in [6, 6.07) is -4.43. The van der Waals surface area contributed by atoms with Crippen LogP contribution in [-0.4, -0.2) is 117 Å². The number of hydrogen-bond donors (Lipinski definition) is 10. The van der Waals surface area contributed by atoms with Crippen molar-refractivity contribution in [3.63, 3.8) is 0 Å². The second-order valence-electron chi connectivity index (χ2n) is 7.67. The van der Waals surface area contributed by atoms with Gasteiger partial charge in [0.15, 0.2) is 0 Å². The fraction of sp³-hybridized carbons (Fsp3) is 0.600. The van der Waals surface area contributed by atoms with E-state index in [1.54, 1.807) is 0 Å². The first kappa shape index (κ1) is 50.7. The predicted molar refractivity (Wildman–Crippen MR) is 156 cm³/mol. The van der Waals surface area contributed by atoms with E-state index in [1.807, 2.05) is 0 Å². The van der Waals surface area contributed by atoms with Crippen LogP contribution in [-0.2, 0) is 55.4 Å². The molecule has 4 atom stereocenters. The third kappa shape index (κ3) is 29.9. The largest absolute Gasteiger partial charge is 4.00 e. The monoisotopic (exact) mass is 728 g/mol. The van der Waals surface area contributed by atoms with Crippen molar-refractivity contribution in [1.82, 2.24) is 10.6 Å². The van der Waals surface area contributed by atoms with Gasteiger partial charge >= 0.3 is 29.0 Å². The Morgan fingerprint density at radius 3 is 1.09 bits per heavy atom. The number of aliphatic carboxylic acids is 4. The molecule has 0 saturated carbocycles. The standard InChI is InChI=1S/2C10H17N3O6S.Fe.2NO/c2*11-5(10(18)19)1-2-7(14)13-6(4-20)9(17)12-3-8(15)16;;2*1-2/h2*5-6H,1-4,11H2,(H5,12,13,14,15,16,17,18,19,20);;;/q;;+4;2*-1/p-2. The zero-order valence-electron chi connectivity index (χ0n) is 23.0. The van der Waals surface area contributed by atoms with Crippen LogP contribution < -0.4 is 22.1 Å². The van der Waals surface area contributed by atoms with Gasteiger partial charge in [-0.15, -0.1) is 0 Å². The normalized spacial score (nSPS) is 11.8. The first-order valence-electron chi connectivity index (χ1n) is 11.6. The van der Waals surface area contributed by atoms with Crippen molar-refractivity contribution < 1.29 is 75.9 Å². The number of rotatable bonds is 18. The maximum Gasteiger partial charge on any atom is 4.00 e. The Kier molecular flexibility index (Phi) is 35.5. The summed E-state index contributed by atoms with van der Waals surface area (Å²) in [7, 11) is 0. The van der Waals surface area contributed by atoms with Gasteiger partial charge < -0.3 is 83.8 Å². The molecule has 0 aromatic heterocycles. The van der Waals surface area contributed by atoms with Crippen LogP contribution in [0.15, 0.2) is 0 Å². The minimum atomic E-state index is -1.27. The van der Waals surface area contributed by atoms with Crippen LogP contribution in [0.4, 0.5) is 0 Å². The average molecular weight is 728 g/mol. The quantitative estimate of drug-likeness (QED) is 0.0528. The number of carbonyl (C=O) groups is 8. The summed E-state index contributed by atoms with van der Waals surface area (Å²) >= 11 is 7.71.